The number of benzene rings is 2. The summed E-state index contributed by atoms with van der Waals surface area (Å²) in [6, 6.07) is 15.9. The number of rotatable bonds is 5. The fourth-order valence-electron chi connectivity index (χ4n) is 2.39. The number of imidazole rings is 1. The highest BCUT2D eigenvalue weighted by molar-refractivity contribution is 5.70. The van der Waals surface area contributed by atoms with Crippen LogP contribution in [0.2, 0.25) is 0 Å². The van der Waals surface area contributed by atoms with Gasteiger partial charge in [-0.05, 0) is 35.4 Å². The van der Waals surface area contributed by atoms with Gasteiger partial charge >= 0.3 is 5.95 Å². The number of aryl methyl sites for hydroxylation is 2. The molecule has 3 aromatic rings. The van der Waals surface area contributed by atoms with E-state index in [1.165, 1.54) is 0 Å². The van der Waals surface area contributed by atoms with Crippen molar-refractivity contribution in [2.24, 2.45) is 24.3 Å². The van der Waals surface area contributed by atoms with Crippen LogP contribution < -0.4 is 9.30 Å². The lowest BCUT2D eigenvalue weighted by atomic mass is 10.1. The Morgan fingerprint density at radius 2 is 1.52 bits per heavy atom. The summed E-state index contributed by atoms with van der Waals surface area (Å²) in [4.78, 5) is 0. The van der Waals surface area contributed by atoms with Gasteiger partial charge in [-0.25, -0.2) is 9.13 Å². The van der Waals surface area contributed by atoms with Crippen molar-refractivity contribution in [1.82, 2.24) is 4.57 Å². The second-order valence-electron chi connectivity index (χ2n) is 5.72. The van der Waals surface area contributed by atoms with Crippen molar-refractivity contribution in [2.75, 3.05) is 7.11 Å². The quantitative estimate of drug-likeness (QED) is 0.386. The molecule has 0 saturated carbocycles. The van der Waals surface area contributed by atoms with E-state index in [1.807, 2.05) is 84.2 Å². The van der Waals surface area contributed by atoms with E-state index in [1.54, 1.807) is 7.11 Å². The third-order valence-corrected chi connectivity index (χ3v) is 3.88. The first-order valence-electron chi connectivity index (χ1n) is 8.00. The van der Waals surface area contributed by atoms with Gasteiger partial charge in [0, 0.05) is 5.11 Å². The van der Waals surface area contributed by atoms with Crippen molar-refractivity contribution in [3.8, 4) is 5.75 Å². The molecular weight excluding hydrogens is 312 g/mol. The maximum Gasteiger partial charge on any atom is 0.421 e. The van der Waals surface area contributed by atoms with Crippen LogP contribution >= 0.6 is 0 Å². The van der Waals surface area contributed by atoms with Crippen LogP contribution in [0.1, 0.15) is 11.1 Å². The van der Waals surface area contributed by atoms with Gasteiger partial charge in [-0.3, -0.25) is 0 Å². The van der Waals surface area contributed by atoms with Crippen LogP contribution in [0.4, 0.5) is 11.6 Å². The number of azo groups is 1. The second kappa shape index (κ2) is 7.57. The molecule has 0 aliphatic rings. The summed E-state index contributed by atoms with van der Waals surface area (Å²) in [6.07, 6.45) is 8.03. The Morgan fingerprint density at radius 1 is 0.920 bits per heavy atom. The molecule has 5 heteroatoms. The summed E-state index contributed by atoms with van der Waals surface area (Å²) >= 11 is 0. The van der Waals surface area contributed by atoms with E-state index in [4.69, 9.17) is 4.74 Å². The Kier molecular flexibility index (Phi) is 5.04. The van der Waals surface area contributed by atoms with Crippen LogP contribution in [0.3, 0.4) is 0 Å². The molecule has 0 bridgehead atoms. The van der Waals surface area contributed by atoms with Crippen molar-refractivity contribution >= 4 is 23.8 Å². The van der Waals surface area contributed by atoms with Gasteiger partial charge in [-0.1, -0.05) is 41.5 Å². The molecule has 0 saturated heterocycles. The van der Waals surface area contributed by atoms with Gasteiger partial charge in [-0.2, -0.15) is 0 Å². The minimum atomic E-state index is 0.795. The largest absolute Gasteiger partial charge is 0.497 e. The molecule has 1 heterocycles. The SMILES string of the molecule is COc1ccc(/C=C/c2ccc(N=Nc3n(C)cc[n+]3C)cc2)cc1. The number of nitrogens with zero attached hydrogens (tertiary/aromatic N) is 4. The summed E-state index contributed by atoms with van der Waals surface area (Å²) < 4.78 is 9.02. The summed E-state index contributed by atoms with van der Waals surface area (Å²) in [6.45, 7) is 0. The highest BCUT2D eigenvalue weighted by Gasteiger charge is 2.09. The zero-order chi connectivity index (χ0) is 17.6. The molecule has 25 heavy (non-hydrogen) atoms. The number of hydrogen-bond donors (Lipinski definition) is 0. The lowest BCUT2D eigenvalue weighted by molar-refractivity contribution is -0.657. The average molecular weight is 333 g/mol. The Labute approximate surface area is 147 Å². The molecule has 0 amide bonds. The summed E-state index contributed by atoms with van der Waals surface area (Å²) in [7, 11) is 5.56. The van der Waals surface area contributed by atoms with E-state index < -0.39 is 0 Å². The smallest absolute Gasteiger partial charge is 0.421 e. The van der Waals surface area contributed by atoms with Gasteiger partial charge in [0.05, 0.1) is 33.6 Å². The van der Waals surface area contributed by atoms with Crippen LogP contribution in [0.15, 0.2) is 71.2 Å². The Hall–Kier alpha value is -3.21. The summed E-state index contributed by atoms with van der Waals surface area (Å²) in [5.74, 6) is 1.65. The van der Waals surface area contributed by atoms with Crippen molar-refractivity contribution < 1.29 is 9.30 Å². The fourth-order valence-corrected chi connectivity index (χ4v) is 2.39. The molecule has 0 aliphatic heterocycles. The number of ether oxygens (including phenoxy) is 1. The van der Waals surface area contributed by atoms with Crippen LogP contribution in [-0.4, -0.2) is 11.7 Å². The molecule has 0 radical (unpaired) electrons. The predicted octanol–water partition coefficient (Wildman–Crippen LogP) is 4.44. The maximum atomic E-state index is 5.16. The van der Waals surface area contributed by atoms with Crippen molar-refractivity contribution in [1.29, 1.82) is 0 Å². The molecule has 0 N–H and O–H groups in total. The fraction of sp³-hybridized carbons (Fsp3) is 0.150. The van der Waals surface area contributed by atoms with E-state index in [-0.39, 0.29) is 0 Å². The van der Waals surface area contributed by atoms with Crippen LogP contribution in [-0.2, 0) is 14.1 Å². The lowest BCUT2D eigenvalue weighted by Gasteiger charge is -1.99. The highest BCUT2D eigenvalue weighted by Crippen LogP contribution is 2.18. The maximum absolute atomic E-state index is 5.16. The topological polar surface area (TPSA) is 42.8 Å². The average Bonchev–Trinajstić information content (AvgIpc) is 2.97. The Balaban J connectivity index is 1.68. The van der Waals surface area contributed by atoms with E-state index >= 15 is 0 Å². The number of hydrogen-bond acceptors (Lipinski definition) is 3. The zero-order valence-electron chi connectivity index (χ0n) is 14.6. The molecular formula is C20H21N4O+. The Morgan fingerprint density at radius 3 is 2.04 bits per heavy atom. The first-order chi connectivity index (χ1) is 12.2. The third-order valence-electron chi connectivity index (χ3n) is 3.88. The normalized spacial score (nSPS) is 11.5. The van der Waals surface area contributed by atoms with Gasteiger partial charge < -0.3 is 4.74 Å². The first-order valence-corrected chi connectivity index (χ1v) is 8.00. The van der Waals surface area contributed by atoms with E-state index in [0.29, 0.717) is 0 Å². The molecule has 1 aromatic heterocycles. The van der Waals surface area contributed by atoms with Gasteiger partial charge in [0.1, 0.15) is 11.4 Å². The van der Waals surface area contributed by atoms with E-state index in [2.05, 4.69) is 22.4 Å². The van der Waals surface area contributed by atoms with Crippen LogP contribution in [0.5, 0.6) is 5.75 Å². The van der Waals surface area contributed by atoms with Gasteiger partial charge in [-0.15, -0.1) is 0 Å². The van der Waals surface area contributed by atoms with E-state index in [0.717, 1.165) is 28.5 Å². The Bertz CT molecular complexity index is 871. The number of methoxy groups -OCH3 is 1. The zero-order valence-corrected chi connectivity index (χ0v) is 14.6. The summed E-state index contributed by atoms with van der Waals surface area (Å²) in [5.41, 5.74) is 3.06. The second-order valence-corrected chi connectivity index (χ2v) is 5.72. The molecule has 2 aromatic carbocycles. The first kappa shape index (κ1) is 16.6. The van der Waals surface area contributed by atoms with Gasteiger partial charge in [0.15, 0.2) is 0 Å². The van der Waals surface area contributed by atoms with Crippen molar-refractivity contribution in [3.63, 3.8) is 0 Å². The van der Waals surface area contributed by atoms with Crippen LogP contribution in [0, 0.1) is 0 Å². The monoisotopic (exact) mass is 333 g/mol. The molecule has 0 atom stereocenters. The highest BCUT2D eigenvalue weighted by atomic mass is 16.5. The molecule has 0 unspecified atom stereocenters. The van der Waals surface area contributed by atoms with Gasteiger partial charge in [0.2, 0.25) is 0 Å². The van der Waals surface area contributed by atoms with E-state index in [9.17, 15) is 0 Å². The van der Waals surface area contributed by atoms with Crippen LogP contribution in [0.25, 0.3) is 12.2 Å². The molecule has 0 fully saturated rings. The molecule has 5 nitrogen and oxygen atoms in total. The summed E-state index contributed by atoms with van der Waals surface area (Å²) in [5, 5.41) is 8.59. The minimum Gasteiger partial charge on any atom is -0.497 e. The molecule has 0 spiro atoms. The molecule has 0 aliphatic carbocycles. The van der Waals surface area contributed by atoms with Gasteiger partial charge in [0.25, 0.3) is 0 Å². The standard InChI is InChI=1S/C20H21N4O/c1-23-14-15-24(2)20(23)22-21-18-10-6-16(7-11-18)4-5-17-8-12-19(25-3)13-9-17/h4-15H,1-3H3/q+1/b5-4+. The number of aromatic nitrogens is 2. The minimum absolute atomic E-state index is 0.795. The predicted molar refractivity (Wildman–Crippen MR) is 99.1 cm³/mol. The third kappa shape index (κ3) is 4.20. The lowest BCUT2D eigenvalue weighted by Crippen LogP contribution is -2.25. The van der Waals surface area contributed by atoms with Crippen molar-refractivity contribution in [3.05, 3.63) is 72.1 Å². The van der Waals surface area contributed by atoms with Crippen molar-refractivity contribution in [2.45, 2.75) is 0 Å². The molecule has 126 valence electrons. The molecule has 3 rings (SSSR count).